The van der Waals surface area contributed by atoms with Crippen LogP contribution < -0.4 is 11.1 Å². The van der Waals surface area contributed by atoms with Gasteiger partial charge in [-0.15, -0.1) is 0 Å². The standard InChI is InChI=1S/C15H15N3O3/c1-9-3-5-12(18(20)21)8-14(9)17-15(19)11-4-6-13(16)10(2)7-11/h3-8H,16H2,1-2H3,(H,17,19). The molecule has 6 heteroatoms. The van der Waals surface area contributed by atoms with Gasteiger partial charge in [-0.05, 0) is 43.2 Å². The first-order valence-corrected chi connectivity index (χ1v) is 6.31. The maximum absolute atomic E-state index is 12.2. The van der Waals surface area contributed by atoms with Gasteiger partial charge in [0.05, 0.1) is 10.6 Å². The first kappa shape index (κ1) is 14.5. The number of carbonyl (C=O) groups excluding carboxylic acids is 1. The number of nitrogens with two attached hydrogens (primary N) is 1. The van der Waals surface area contributed by atoms with E-state index in [1.165, 1.54) is 12.1 Å². The number of benzene rings is 2. The molecule has 0 fully saturated rings. The first-order valence-electron chi connectivity index (χ1n) is 6.31. The van der Waals surface area contributed by atoms with Crippen LogP contribution >= 0.6 is 0 Å². The minimum absolute atomic E-state index is 0.0654. The van der Waals surface area contributed by atoms with E-state index in [1.807, 2.05) is 6.92 Å². The Morgan fingerprint density at radius 3 is 2.48 bits per heavy atom. The van der Waals surface area contributed by atoms with Gasteiger partial charge in [0.25, 0.3) is 11.6 Å². The van der Waals surface area contributed by atoms with Gasteiger partial charge in [0.1, 0.15) is 0 Å². The van der Waals surface area contributed by atoms with Crippen LogP contribution in [0.2, 0.25) is 0 Å². The molecule has 2 aromatic rings. The Labute approximate surface area is 121 Å². The van der Waals surface area contributed by atoms with Crippen LogP contribution in [0.1, 0.15) is 21.5 Å². The van der Waals surface area contributed by atoms with E-state index in [9.17, 15) is 14.9 Å². The van der Waals surface area contributed by atoms with E-state index in [0.29, 0.717) is 16.9 Å². The van der Waals surface area contributed by atoms with E-state index >= 15 is 0 Å². The summed E-state index contributed by atoms with van der Waals surface area (Å²) < 4.78 is 0. The Morgan fingerprint density at radius 1 is 1.14 bits per heavy atom. The number of nitrogens with zero attached hydrogens (tertiary/aromatic N) is 1. The third kappa shape index (κ3) is 3.17. The molecule has 2 aromatic carbocycles. The quantitative estimate of drug-likeness (QED) is 0.514. The summed E-state index contributed by atoms with van der Waals surface area (Å²) in [5.41, 5.74) is 8.68. The van der Waals surface area contributed by atoms with Gasteiger partial charge in [-0.2, -0.15) is 0 Å². The zero-order chi connectivity index (χ0) is 15.6. The Bertz CT molecular complexity index is 726. The van der Waals surface area contributed by atoms with Crippen LogP contribution in [0.3, 0.4) is 0 Å². The number of nitrogens with one attached hydrogen (secondary N) is 1. The Morgan fingerprint density at radius 2 is 1.86 bits per heavy atom. The van der Waals surface area contributed by atoms with Crippen molar-refractivity contribution in [2.24, 2.45) is 0 Å². The summed E-state index contributed by atoms with van der Waals surface area (Å²) in [6, 6.07) is 9.30. The summed E-state index contributed by atoms with van der Waals surface area (Å²) in [6.07, 6.45) is 0. The average Bonchev–Trinajstić information content (AvgIpc) is 2.43. The number of carbonyl (C=O) groups is 1. The number of hydrogen-bond donors (Lipinski definition) is 2. The number of rotatable bonds is 3. The van der Waals surface area contributed by atoms with Crippen molar-refractivity contribution in [2.45, 2.75) is 13.8 Å². The lowest BCUT2D eigenvalue weighted by Gasteiger charge is -2.09. The molecule has 0 unspecified atom stereocenters. The summed E-state index contributed by atoms with van der Waals surface area (Å²) in [4.78, 5) is 22.5. The third-order valence-corrected chi connectivity index (χ3v) is 3.21. The summed E-state index contributed by atoms with van der Waals surface area (Å²) in [5, 5.41) is 13.5. The number of amides is 1. The fraction of sp³-hybridized carbons (Fsp3) is 0.133. The van der Waals surface area contributed by atoms with Crippen LogP contribution in [0.25, 0.3) is 0 Å². The lowest BCUT2D eigenvalue weighted by molar-refractivity contribution is -0.384. The number of anilines is 2. The van der Waals surface area contributed by atoms with E-state index in [1.54, 1.807) is 31.2 Å². The normalized spacial score (nSPS) is 10.2. The molecule has 108 valence electrons. The summed E-state index contributed by atoms with van der Waals surface area (Å²) in [7, 11) is 0. The fourth-order valence-electron chi connectivity index (χ4n) is 1.87. The number of hydrogen-bond acceptors (Lipinski definition) is 4. The highest BCUT2D eigenvalue weighted by Gasteiger charge is 2.12. The zero-order valence-electron chi connectivity index (χ0n) is 11.7. The Kier molecular flexibility index (Phi) is 3.89. The maximum Gasteiger partial charge on any atom is 0.271 e. The molecule has 0 radical (unpaired) electrons. The van der Waals surface area contributed by atoms with Gasteiger partial charge < -0.3 is 11.1 Å². The molecule has 0 atom stereocenters. The number of aryl methyl sites for hydroxylation is 2. The summed E-state index contributed by atoms with van der Waals surface area (Å²) in [6.45, 7) is 3.58. The van der Waals surface area contributed by atoms with Crippen LogP contribution in [0, 0.1) is 24.0 Å². The smallest absolute Gasteiger partial charge is 0.271 e. The minimum Gasteiger partial charge on any atom is -0.399 e. The molecule has 0 aliphatic carbocycles. The van der Waals surface area contributed by atoms with Crippen LogP contribution in [-0.4, -0.2) is 10.8 Å². The SMILES string of the molecule is Cc1cc(C(=O)Nc2cc([N+](=O)[O-])ccc2C)ccc1N. The predicted molar refractivity (Wildman–Crippen MR) is 81.4 cm³/mol. The highest BCUT2D eigenvalue weighted by molar-refractivity contribution is 6.05. The van der Waals surface area contributed by atoms with Gasteiger partial charge in [-0.1, -0.05) is 6.07 Å². The predicted octanol–water partition coefficient (Wildman–Crippen LogP) is 3.05. The molecule has 0 bridgehead atoms. The second-order valence-electron chi connectivity index (χ2n) is 4.78. The molecule has 0 saturated carbocycles. The van der Waals surface area contributed by atoms with E-state index in [0.717, 1.165) is 11.1 Å². The van der Waals surface area contributed by atoms with Gasteiger partial charge in [-0.25, -0.2) is 0 Å². The van der Waals surface area contributed by atoms with Crippen molar-refractivity contribution in [3.8, 4) is 0 Å². The monoisotopic (exact) mass is 285 g/mol. The molecule has 3 N–H and O–H groups in total. The third-order valence-electron chi connectivity index (χ3n) is 3.21. The minimum atomic E-state index is -0.498. The van der Waals surface area contributed by atoms with Crippen LogP contribution in [0.15, 0.2) is 36.4 Å². The largest absolute Gasteiger partial charge is 0.399 e. The second kappa shape index (κ2) is 5.62. The lowest BCUT2D eigenvalue weighted by atomic mass is 10.1. The van der Waals surface area contributed by atoms with Gasteiger partial charge in [0.15, 0.2) is 0 Å². The topological polar surface area (TPSA) is 98.3 Å². The average molecular weight is 285 g/mol. The van der Waals surface area contributed by atoms with Crippen molar-refractivity contribution >= 4 is 23.0 Å². The zero-order valence-corrected chi connectivity index (χ0v) is 11.7. The van der Waals surface area contributed by atoms with Crippen molar-refractivity contribution < 1.29 is 9.72 Å². The highest BCUT2D eigenvalue weighted by Crippen LogP contribution is 2.23. The lowest BCUT2D eigenvalue weighted by Crippen LogP contribution is -2.13. The number of nitrogen functional groups attached to an aromatic ring is 1. The molecule has 0 aliphatic heterocycles. The van der Waals surface area contributed by atoms with Crippen molar-refractivity contribution in [1.82, 2.24) is 0 Å². The molecule has 0 aliphatic rings. The molecular formula is C15H15N3O3. The van der Waals surface area contributed by atoms with Gasteiger partial charge >= 0.3 is 0 Å². The Balaban J connectivity index is 2.28. The van der Waals surface area contributed by atoms with Crippen molar-refractivity contribution in [3.05, 3.63) is 63.2 Å². The molecule has 2 rings (SSSR count). The van der Waals surface area contributed by atoms with Crippen molar-refractivity contribution in [3.63, 3.8) is 0 Å². The van der Waals surface area contributed by atoms with Crippen LogP contribution in [0.4, 0.5) is 17.1 Å². The van der Waals surface area contributed by atoms with E-state index in [-0.39, 0.29) is 11.6 Å². The Hall–Kier alpha value is -2.89. The van der Waals surface area contributed by atoms with E-state index in [2.05, 4.69) is 5.32 Å². The molecule has 0 heterocycles. The first-order chi connectivity index (χ1) is 9.88. The highest BCUT2D eigenvalue weighted by atomic mass is 16.6. The van der Waals surface area contributed by atoms with Crippen LogP contribution in [-0.2, 0) is 0 Å². The molecule has 0 spiro atoms. The second-order valence-corrected chi connectivity index (χ2v) is 4.78. The summed E-state index contributed by atoms with van der Waals surface area (Å²) >= 11 is 0. The number of nitro groups is 1. The number of nitro benzene ring substituents is 1. The van der Waals surface area contributed by atoms with Gasteiger partial charge in [0.2, 0.25) is 0 Å². The molecule has 6 nitrogen and oxygen atoms in total. The molecule has 0 saturated heterocycles. The molecular weight excluding hydrogens is 270 g/mol. The van der Waals surface area contributed by atoms with Crippen molar-refractivity contribution in [2.75, 3.05) is 11.1 Å². The fourth-order valence-corrected chi connectivity index (χ4v) is 1.87. The van der Waals surface area contributed by atoms with Crippen molar-refractivity contribution in [1.29, 1.82) is 0 Å². The maximum atomic E-state index is 12.2. The van der Waals surface area contributed by atoms with Crippen LogP contribution in [0.5, 0.6) is 0 Å². The molecule has 21 heavy (non-hydrogen) atoms. The van der Waals surface area contributed by atoms with Gasteiger partial charge in [0, 0.05) is 23.4 Å². The van der Waals surface area contributed by atoms with E-state index in [4.69, 9.17) is 5.73 Å². The van der Waals surface area contributed by atoms with Gasteiger partial charge in [-0.3, -0.25) is 14.9 Å². The van der Waals surface area contributed by atoms with E-state index < -0.39 is 4.92 Å². The molecule has 0 aromatic heterocycles. The number of non-ortho nitro benzene ring substituents is 1. The molecule has 1 amide bonds. The summed E-state index contributed by atoms with van der Waals surface area (Å²) in [5.74, 6) is -0.332.